The van der Waals surface area contributed by atoms with Gasteiger partial charge in [-0.25, -0.2) is 0 Å². The van der Waals surface area contributed by atoms with Crippen molar-refractivity contribution in [3.63, 3.8) is 0 Å². The van der Waals surface area contributed by atoms with Crippen LogP contribution in [0.15, 0.2) is 17.5 Å². The quantitative estimate of drug-likeness (QED) is 0.924. The number of halogens is 2. The summed E-state index contributed by atoms with van der Waals surface area (Å²) < 4.78 is 0. The standard InChI is InChI=1S/C12H20N2OS.2ClH/c1-13-6-8-14(9-7-13)5-4-11(15)12-3-2-10-16-12;;/h2-3,10-11,15H,4-9H2,1H3;2*1H. The fraction of sp³-hybridized carbons (Fsp3) is 0.667. The lowest BCUT2D eigenvalue weighted by Crippen LogP contribution is -2.44. The first-order valence-electron chi connectivity index (χ1n) is 5.88. The largest absolute Gasteiger partial charge is 0.388 e. The van der Waals surface area contributed by atoms with E-state index in [0.717, 1.165) is 44.0 Å². The summed E-state index contributed by atoms with van der Waals surface area (Å²) in [5, 5.41) is 12.0. The molecule has 0 aromatic carbocycles. The maximum Gasteiger partial charge on any atom is 0.0894 e. The maximum atomic E-state index is 9.97. The Bertz CT molecular complexity index is 303. The van der Waals surface area contributed by atoms with Crippen LogP contribution in [0, 0.1) is 0 Å². The number of hydrogen-bond donors (Lipinski definition) is 1. The summed E-state index contributed by atoms with van der Waals surface area (Å²) in [7, 11) is 2.16. The zero-order valence-corrected chi connectivity index (χ0v) is 13.1. The van der Waals surface area contributed by atoms with Crippen LogP contribution in [0.1, 0.15) is 17.4 Å². The Kier molecular flexibility index (Phi) is 9.21. The molecule has 2 heterocycles. The Balaban J connectivity index is 0.00000144. The van der Waals surface area contributed by atoms with Crippen molar-refractivity contribution in [3.05, 3.63) is 22.4 Å². The summed E-state index contributed by atoms with van der Waals surface area (Å²) >= 11 is 1.64. The summed E-state index contributed by atoms with van der Waals surface area (Å²) in [4.78, 5) is 5.89. The lowest BCUT2D eigenvalue weighted by molar-refractivity contribution is 0.114. The first-order chi connectivity index (χ1) is 7.75. The van der Waals surface area contributed by atoms with E-state index in [1.54, 1.807) is 11.3 Å². The number of hydrogen-bond acceptors (Lipinski definition) is 4. The van der Waals surface area contributed by atoms with Gasteiger partial charge in [-0.3, -0.25) is 0 Å². The Morgan fingerprint density at radius 3 is 2.50 bits per heavy atom. The van der Waals surface area contributed by atoms with Crippen molar-refractivity contribution in [3.8, 4) is 0 Å². The van der Waals surface area contributed by atoms with Crippen LogP contribution in [0.3, 0.4) is 0 Å². The van der Waals surface area contributed by atoms with Gasteiger partial charge in [-0.2, -0.15) is 0 Å². The third-order valence-corrected chi connectivity index (χ3v) is 4.16. The van der Waals surface area contributed by atoms with Crippen LogP contribution in [0.5, 0.6) is 0 Å². The van der Waals surface area contributed by atoms with Gasteiger partial charge < -0.3 is 14.9 Å². The third kappa shape index (κ3) is 5.43. The molecule has 18 heavy (non-hydrogen) atoms. The molecule has 0 aliphatic carbocycles. The van der Waals surface area contributed by atoms with Crippen LogP contribution in [-0.2, 0) is 0 Å². The molecule has 1 aromatic rings. The van der Waals surface area contributed by atoms with Crippen LogP contribution in [0.25, 0.3) is 0 Å². The van der Waals surface area contributed by atoms with E-state index >= 15 is 0 Å². The molecule has 106 valence electrons. The number of likely N-dealkylation sites (N-methyl/N-ethyl adjacent to an activating group) is 1. The Hall–Kier alpha value is 0.160. The van der Waals surface area contributed by atoms with Crippen molar-refractivity contribution >= 4 is 36.2 Å². The van der Waals surface area contributed by atoms with Crippen molar-refractivity contribution in [2.75, 3.05) is 39.8 Å². The molecule has 0 bridgehead atoms. The maximum absolute atomic E-state index is 9.97. The molecule has 0 radical (unpaired) electrons. The molecular weight excluding hydrogens is 291 g/mol. The summed E-state index contributed by atoms with van der Waals surface area (Å²) in [6.07, 6.45) is 0.573. The summed E-state index contributed by atoms with van der Waals surface area (Å²) in [6, 6.07) is 4.01. The highest BCUT2D eigenvalue weighted by molar-refractivity contribution is 7.10. The van der Waals surface area contributed by atoms with Gasteiger partial charge in [-0.1, -0.05) is 6.07 Å². The van der Waals surface area contributed by atoms with Gasteiger partial charge >= 0.3 is 0 Å². The van der Waals surface area contributed by atoms with E-state index in [9.17, 15) is 5.11 Å². The fourth-order valence-electron chi connectivity index (χ4n) is 2.00. The van der Waals surface area contributed by atoms with Crippen LogP contribution in [0.4, 0.5) is 0 Å². The Labute approximate surface area is 126 Å². The number of rotatable bonds is 4. The number of aliphatic hydroxyl groups is 1. The van der Waals surface area contributed by atoms with Gasteiger partial charge in [0.2, 0.25) is 0 Å². The topological polar surface area (TPSA) is 26.7 Å². The Morgan fingerprint density at radius 1 is 1.28 bits per heavy atom. The zero-order valence-electron chi connectivity index (χ0n) is 10.6. The van der Waals surface area contributed by atoms with E-state index in [1.807, 2.05) is 17.5 Å². The van der Waals surface area contributed by atoms with E-state index in [1.165, 1.54) is 0 Å². The minimum atomic E-state index is -0.278. The monoisotopic (exact) mass is 312 g/mol. The van der Waals surface area contributed by atoms with Crippen LogP contribution in [-0.4, -0.2) is 54.7 Å². The van der Waals surface area contributed by atoms with Crippen molar-refractivity contribution in [1.29, 1.82) is 0 Å². The second kappa shape index (κ2) is 9.13. The van der Waals surface area contributed by atoms with Crippen molar-refractivity contribution < 1.29 is 5.11 Å². The van der Waals surface area contributed by atoms with Gasteiger partial charge in [0.1, 0.15) is 0 Å². The van der Waals surface area contributed by atoms with E-state index in [2.05, 4.69) is 16.8 Å². The molecule has 2 rings (SSSR count). The molecule has 1 aliphatic rings. The van der Waals surface area contributed by atoms with Crippen LogP contribution < -0.4 is 0 Å². The van der Waals surface area contributed by atoms with Crippen molar-refractivity contribution in [2.45, 2.75) is 12.5 Å². The van der Waals surface area contributed by atoms with E-state index in [-0.39, 0.29) is 30.9 Å². The number of thiophene rings is 1. The lowest BCUT2D eigenvalue weighted by Gasteiger charge is -2.32. The number of nitrogens with zero attached hydrogens (tertiary/aromatic N) is 2. The Morgan fingerprint density at radius 2 is 1.94 bits per heavy atom. The van der Waals surface area contributed by atoms with Gasteiger partial charge in [-0.05, 0) is 24.9 Å². The summed E-state index contributed by atoms with van der Waals surface area (Å²) in [6.45, 7) is 5.57. The van der Waals surface area contributed by atoms with Crippen molar-refractivity contribution in [1.82, 2.24) is 9.80 Å². The number of piperazine rings is 1. The molecule has 1 unspecified atom stereocenters. The predicted molar refractivity (Wildman–Crippen MR) is 82.3 cm³/mol. The lowest BCUT2D eigenvalue weighted by atomic mass is 10.2. The van der Waals surface area contributed by atoms with E-state index in [4.69, 9.17) is 0 Å². The first-order valence-corrected chi connectivity index (χ1v) is 6.76. The molecule has 1 aliphatic heterocycles. The second-order valence-electron chi connectivity index (χ2n) is 4.46. The zero-order chi connectivity index (χ0) is 11.4. The van der Waals surface area contributed by atoms with Gasteiger partial charge in [0.25, 0.3) is 0 Å². The van der Waals surface area contributed by atoms with Gasteiger partial charge in [0.05, 0.1) is 6.10 Å². The van der Waals surface area contributed by atoms with E-state index < -0.39 is 0 Å². The highest BCUT2D eigenvalue weighted by Gasteiger charge is 2.15. The summed E-state index contributed by atoms with van der Waals surface area (Å²) in [5.41, 5.74) is 0. The molecule has 0 amide bonds. The first kappa shape index (κ1) is 18.2. The molecule has 1 N–H and O–H groups in total. The molecule has 1 fully saturated rings. The van der Waals surface area contributed by atoms with E-state index in [0.29, 0.717) is 0 Å². The average molecular weight is 313 g/mol. The SMILES string of the molecule is CN1CCN(CCC(O)c2cccs2)CC1.Cl.Cl. The minimum Gasteiger partial charge on any atom is -0.388 e. The minimum absolute atomic E-state index is 0. The van der Waals surface area contributed by atoms with Crippen LogP contribution in [0.2, 0.25) is 0 Å². The molecule has 1 saturated heterocycles. The molecule has 0 saturated carbocycles. The molecule has 6 heteroatoms. The molecule has 0 spiro atoms. The van der Waals surface area contributed by atoms with Crippen LogP contribution >= 0.6 is 36.2 Å². The molecule has 3 nitrogen and oxygen atoms in total. The number of aliphatic hydroxyl groups excluding tert-OH is 1. The second-order valence-corrected chi connectivity index (χ2v) is 5.44. The fourth-order valence-corrected chi connectivity index (χ4v) is 2.75. The molecule has 1 aromatic heterocycles. The molecular formula is C12H22Cl2N2OS. The predicted octanol–water partition coefficient (Wildman–Crippen LogP) is 2.26. The highest BCUT2D eigenvalue weighted by atomic mass is 35.5. The highest BCUT2D eigenvalue weighted by Crippen LogP contribution is 2.21. The van der Waals surface area contributed by atoms with Gasteiger partial charge in [-0.15, -0.1) is 36.2 Å². The third-order valence-electron chi connectivity index (χ3n) is 3.19. The van der Waals surface area contributed by atoms with Gasteiger partial charge in [0.15, 0.2) is 0 Å². The van der Waals surface area contributed by atoms with Gasteiger partial charge in [0, 0.05) is 37.6 Å². The normalized spacial score (nSPS) is 18.8. The van der Waals surface area contributed by atoms with Crippen molar-refractivity contribution in [2.24, 2.45) is 0 Å². The summed E-state index contributed by atoms with van der Waals surface area (Å²) in [5.74, 6) is 0. The average Bonchev–Trinajstić information content (AvgIpc) is 2.81. The smallest absolute Gasteiger partial charge is 0.0894 e. The molecule has 1 atom stereocenters.